The Labute approximate surface area is 235 Å². The van der Waals surface area contributed by atoms with Crippen molar-refractivity contribution >= 4 is 16.9 Å². The molecule has 6 heteroatoms. The zero-order valence-corrected chi connectivity index (χ0v) is 25.1. The lowest BCUT2D eigenvalue weighted by Crippen LogP contribution is -2.29. The van der Waals surface area contributed by atoms with Gasteiger partial charge in [0.2, 0.25) is 0 Å². The molecule has 1 atom stereocenters. The number of para-hydroxylation sites is 1. The van der Waals surface area contributed by atoms with Crippen LogP contribution in [0, 0.1) is 0 Å². The number of nitrogens with zero attached hydrogens (tertiary/aromatic N) is 1. The number of esters is 1. The lowest BCUT2D eigenvalue weighted by atomic mass is 10.0. The van der Waals surface area contributed by atoms with Gasteiger partial charge >= 0.3 is 5.97 Å². The summed E-state index contributed by atoms with van der Waals surface area (Å²) in [5, 5.41) is 0.771. The van der Waals surface area contributed by atoms with Gasteiger partial charge in [-0.05, 0) is 31.1 Å². The van der Waals surface area contributed by atoms with E-state index in [2.05, 4.69) is 13.5 Å². The number of aromatic nitrogens is 1. The molecule has 39 heavy (non-hydrogen) atoms. The molecule has 2 aromatic rings. The van der Waals surface area contributed by atoms with Gasteiger partial charge in [0, 0.05) is 25.3 Å². The number of hydrogen-bond acceptors (Lipinski definition) is 5. The third kappa shape index (κ3) is 10.1. The van der Waals surface area contributed by atoms with E-state index < -0.39 is 6.10 Å². The van der Waals surface area contributed by atoms with Crippen LogP contribution in [0.25, 0.3) is 10.9 Å². The summed E-state index contributed by atoms with van der Waals surface area (Å²) in [6.45, 7) is 8.11. The molecule has 1 unspecified atom stereocenters. The number of ether oxygens (including phenoxy) is 3. The minimum Gasteiger partial charge on any atom is -0.496 e. The fourth-order valence-electron chi connectivity index (χ4n) is 5.20. The van der Waals surface area contributed by atoms with Crippen LogP contribution in [-0.4, -0.2) is 30.9 Å². The average molecular weight is 542 g/mol. The van der Waals surface area contributed by atoms with E-state index in [1.54, 1.807) is 25.8 Å². The first kappa shape index (κ1) is 32.5. The van der Waals surface area contributed by atoms with Gasteiger partial charge in [-0.2, -0.15) is 0 Å². The van der Waals surface area contributed by atoms with Gasteiger partial charge in [-0.1, -0.05) is 96.6 Å². The summed E-state index contributed by atoms with van der Waals surface area (Å²) in [5.41, 5.74) is 1.62. The van der Waals surface area contributed by atoms with Crippen LogP contribution in [-0.2, 0) is 23.0 Å². The standard InChI is InChI=1S/C33H51NO5/c1-7-8-9-10-11-12-13-14-15-16-17-18-19-23-30(35)39-29(25(2)3)24-27-32(38-6)26-21-20-22-28(37-5)31(26)34(4)33(27)36/h20-22,29H,2,7-19,23-24H2,1,3-6H3. The Kier molecular flexibility index (Phi) is 14.8. The van der Waals surface area contributed by atoms with E-state index in [1.807, 2.05) is 25.1 Å². The van der Waals surface area contributed by atoms with Gasteiger partial charge in [0.15, 0.2) is 0 Å². The molecule has 1 heterocycles. The zero-order valence-electron chi connectivity index (χ0n) is 25.1. The molecule has 0 saturated heterocycles. The molecule has 0 aliphatic rings. The van der Waals surface area contributed by atoms with Gasteiger partial charge in [0.05, 0.1) is 25.3 Å². The number of fused-ring (bicyclic) bond motifs is 1. The van der Waals surface area contributed by atoms with E-state index in [4.69, 9.17) is 14.2 Å². The van der Waals surface area contributed by atoms with Crippen LogP contribution >= 0.6 is 0 Å². The second-order valence-corrected chi connectivity index (χ2v) is 10.8. The molecule has 2 rings (SSSR count). The second kappa shape index (κ2) is 17.8. The maximum Gasteiger partial charge on any atom is 0.306 e. The van der Waals surface area contributed by atoms with Gasteiger partial charge in [0.25, 0.3) is 5.56 Å². The van der Waals surface area contributed by atoms with Gasteiger partial charge in [-0.15, -0.1) is 0 Å². The predicted molar refractivity (Wildman–Crippen MR) is 161 cm³/mol. The van der Waals surface area contributed by atoms with Crippen molar-refractivity contribution in [2.24, 2.45) is 7.05 Å². The molecule has 0 spiro atoms. The smallest absolute Gasteiger partial charge is 0.306 e. The predicted octanol–water partition coefficient (Wildman–Crippen LogP) is 8.07. The Morgan fingerprint density at radius 3 is 1.97 bits per heavy atom. The number of rotatable bonds is 20. The highest BCUT2D eigenvalue weighted by Gasteiger charge is 2.24. The summed E-state index contributed by atoms with van der Waals surface area (Å²) in [7, 11) is 4.84. The van der Waals surface area contributed by atoms with E-state index in [-0.39, 0.29) is 17.9 Å². The number of methoxy groups -OCH3 is 2. The Bertz CT molecular complexity index is 1100. The SMILES string of the molecule is C=C(C)C(Cc1c(OC)c2cccc(OC)c2n(C)c1=O)OC(=O)CCCCCCCCCCCCCCC. The Morgan fingerprint density at radius 1 is 0.897 bits per heavy atom. The van der Waals surface area contributed by atoms with Crippen molar-refractivity contribution in [2.45, 2.75) is 116 Å². The first-order chi connectivity index (χ1) is 18.8. The summed E-state index contributed by atoms with van der Waals surface area (Å²) in [4.78, 5) is 26.0. The average Bonchev–Trinajstić information content (AvgIpc) is 2.93. The van der Waals surface area contributed by atoms with Gasteiger partial charge in [-0.25, -0.2) is 0 Å². The van der Waals surface area contributed by atoms with E-state index >= 15 is 0 Å². The number of carbonyl (C=O) groups is 1. The number of benzene rings is 1. The van der Waals surface area contributed by atoms with Crippen LogP contribution in [0.5, 0.6) is 11.5 Å². The van der Waals surface area contributed by atoms with E-state index in [1.165, 1.54) is 64.2 Å². The molecule has 1 aromatic heterocycles. The van der Waals surface area contributed by atoms with Crippen LogP contribution in [0.3, 0.4) is 0 Å². The van der Waals surface area contributed by atoms with Crippen LogP contribution in [0.4, 0.5) is 0 Å². The Balaban J connectivity index is 1.84. The number of hydrogen-bond donors (Lipinski definition) is 0. The third-order valence-corrected chi connectivity index (χ3v) is 7.54. The van der Waals surface area contributed by atoms with Crippen molar-refractivity contribution in [1.29, 1.82) is 0 Å². The summed E-state index contributed by atoms with van der Waals surface area (Å²) < 4.78 is 18.5. The number of pyridine rings is 1. The summed E-state index contributed by atoms with van der Waals surface area (Å²) >= 11 is 0. The maximum atomic E-state index is 13.3. The molecular formula is C33H51NO5. The van der Waals surface area contributed by atoms with Crippen LogP contribution in [0.15, 0.2) is 35.1 Å². The molecule has 0 aliphatic carbocycles. The Hall–Kier alpha value is -2.76. The molecule has 0 aliphatic heterocycles. The van der Waals surface area contributed by atoms with Crippen molar-refractivity contribution in [3.63, 3.8) is 0 Å². The first-order valence-corrected chi connectivity index (χ1v) is 14.9. The topological polar surface area (TPSA) is 66.8 Å². The first-order valence-electron chi connectivity index (χ1n) is 14.9. The molecule has 218 valence electrons. The van der Waals surface area contributed by atoms with Gasteiger partial charge < -0.3 is 18.8 Å². The summed E-state index contributed by atoms with van der Waals surface area (Å²) in [5.74, 6) is 0.827. The van der Waals surface area contributed by atoms with E-state index in [0.29, 0.717) is 34.6 Å². The molecule has 6 nitrogen and oxygen atoms in total. The van der Waals surface area contributed by atoms with E-state index in [9.17, 15) is 9.59 Å². The molecule has 0 N–H and O–H groups in total. The minimum atomic E-state index is -0.593. The number of aryl methyl sites for hydroxylation is 1. The van der Waals surface area contributed by atoms with Crippen LogP contribution in [0.2, 0.25) is 0 Å². The van der Waals surface area contributed by atoms with Crippen LogP contribution < -0.4 is 15.0 Å². The number of unbranched alkanes of at least 4 members (excludes halogenated alkanes) is 12. The molecule has 0 saturated carbocycles. The maximum absolute atomic E-state index is 13.3. The van der Waals surface area contributed by atoms with Crippen LogP contribution in [0.1, 0.15) is 109 Å². The minimum absolute atomic E-state index is 0.206. The largest absolute Gasteiger partial charge is 0.496 e. The second-order valence-electron chi connectivity index (χ2n) is 10.8. The number of carbonyl (C=O) groups excluding carboxylic acids is 1. The highest BCUT2D eigenvalue weighted by Crippen LogP contribution is 2.33. The highest BCUT2D eigenvalue weighted by molar-refractivity contribution is 5.91. The highest BCUT2D eigenvalue weighted by atomic mass is 16.5. The van der Waals surface area contributed by atoms with Gasteiger partial charge in [0.1, 0.15) is 17.6 Å². The normalized spacial score (nSPS) is 11.9. The monoisotopic (exact) mass is 541 g/mol. The fourth-order valence-corrected chi connectivity index (χ4v) is 5.20. The van der Waals surface area contributed by atoms with E-state index in [0.717, 1.165) is 24.6 Å². The molecule has 0 bridgehead atoms. The summed E-state index contributed by atoms with van der Waals surface area (Å²) in [6.07, 6.45) is 16.4. The van der Waals surface area contributed by atoms with Gasteiger partial charge in [-0.3, -0.25) is 9.59 Å². The zero-order chi connectivity index (χ0) is 28.6. The quantitative estimate of drug-likeness (QED) is 0.0963. The molecule has 0 amide bonds. The fraction of sp³-hybridized carbons (Fsp3) is 0.636. The lowest BCUT2D eigenvalue weighted by Gasteiger charge is -2.21. The summed E-state index contributed by atoms with van der Waals surface area (Å²) in [6, 6.07) is 5.58. The molecular weight excluding hydrogens is 490 g/mol. The van der Waals surface area contributed by atoms with Crippen molar-refractivity contribution in [3.05, 3.63) is 46.3 Å². The Morgan fingerprint density at radius 2 is 1.46 bits per heavy atom. The molecule has 1 aromatic carbocycles. The lowest BCUT2D eigenvalue weighted by molar-refractivity contribution is -0.147. The van der Waals surface area contributed by atoms with Crippen molar-refractivity contribution < 1.29 is 19.0 Å². The van der Waals surface area contributed by atoms with Crippen molar-refractivity contribution in [1.82, 2.24) is 4.57 Å². The molecule has 0 radical (unpaired) electrons. The van der Waals surface area contributed by atoms with Crippen molar-refractivity contribution in [3.8, 4) is 11.5 Å². The van der Waals surface area contributed by atoms with Crippen molar-refractivity contribution in [2.75, 3.05) is 14.2 Å². The third-order valence-electron chi connectivity index (χ3n) is 7.54. The molecule has 0 fully saturated rings.